The first-order valence-electron chi connectivity index (χ1n) is 7.23. The summed E-state index contributed by atoms with van der Waals surface area (Å²) in [7, 11) is 3.25. The molecule has 0 atom stereocenters. The topological polar surface area (TPSA) is 130 Å². The average Bonchev–Trinajstić information content (AvgIpc) is 2.95. The zero-order chi connectivity index (χ0) is 18.6. The highest BCUT2D eigenvalue weighted by Crippen LogP contribution is 2.22. The SMILES string of the molecule is Cc1[nH]nc(C(=O)Nc2ccc(OCC(=O)N(C)C)cc2)c1[N+](=O)[O-]. The summed E-state index contributed by atoms with van der Waals surface area (Å²) >= 11 is 0. The average molecular weight is 347 g/mol. The third-order valence-corrected chi connectivity index (χ3v) is 3.29. The predicted molar refractivity (Wildman–Crippen MR) is 88.6 cm³/mol. The molecule has 0 spiro atoms. The molecule has 10 nitrogen and oxygen atoms in total. The second-order valence-electron chi connectivity index (χ2n) is 5.36. The van der Waals surface area contributed by atoms with Gasteiger partial charge < -0.3 is 15.0 Å². The number of likely N-dealkylation sites (N-methyl/N-ethyl adjacent to an activating group) is 1. The van der Waals surface area contributed by atoms with Gasteiger partial charge in [-0.05, 0) is 31.2 Å². The number of benzene rings is 1. The Kier molecular flexibility index (Phi) is 5.32. The summed E-state index contributed by atoms with van der Waals surface area (Å²) in [5.41, 5.74) is -0.0465. The lowest BCUT2D eigenvalue weighted by Crippen LogP contribution is -2.27. The van der Waals surface area contributed by atoms with E-state index in [1.807, 2.05) is 0 Å². The molecular formula is C15H17N5O5. The first-order chi connectivity index (χ1) is 11.8. The Morgan fingerprint density at radius 3 is 2.52 bits per heavy atom. The van der Waals surface area contributed by atoms with E-state index in [9.17, 15) is 19.7 Å². The maximum Gasteiger partial charge on any atom is 0.322 e. The maximum absolute atomic E-state index is 12.1. The van der Waals surface area contributed by atoms with Crippen LogP contribution < -0.4 is 10.1 Å². The number of amides is 2. The van der Waals surface area contributed by atoms with Crippen molar-refractivity contribution in [2.45, 2.75) is 6.92 Å². The fourth-order valence-corrected chi connectivity index (χ4v) is 1.90. The molecule has 0 aliphatic carbocycles. The van der Waals surface area contributed by atoms with Gasteiger partial charge in [-0.3, -0.25) is 24.8 Å². The van der Waals surface area contributed by atoms with Crippen LogP contribution in [0.4, 0.5) is 11.4 Å². The number of H-pyrrole nitrogens is 1. The van der Waals surface area contributed by atoms with Crippen molar-refractivity contribution in [3.05, 3.63) is 45.8 Å². The van der Waals surface area contributed by atoms with Crippen molar-refractivity contribution in [2.75, 3.05) is 26.0 Å². The zero-order valence-corrected chi connectivity index (χ0v) is 13.9. The Hall–Kier alpha value is -3.43. The molecule has 0 saturated carbocycles. The van der Waals surface area contributed by atoms with Crippen molar-refractivity contribution in [1.82, 2.24) is 15.1 Å². The Labute approximate surface area is 142 Å². The quantitative estimate of drug-likeness (QED) is 0.599. The van der Waals surface area contributed by atoms with Crippen molar-refractivity contribution in [2.24, 2.45) is 0 Å². The van der Waals surface area contributed by atoms with E-state index in [0.717, 1.165) is 0 Å². The van der Waals surface area contributed by atoms with E-state index in [0.29, 0.717) is 11.4 Å². The molecule has 0 radical (unpaired) electrons. The molecule has 0 aliphatic heterocycles. The van der Waals surface area contributed by atoms with Crippen LogP contribution >= 0.6 is 0 Å². The lowest BCUT2D eigenvalue weighted by molar-refractivity contribution is -0.385. The van der Waals surface area contributed by atoms with Crippen LogP contribution in [0, 0.1) is 17.0 Å². The molecule has 2 aromatic rings. The molecule has 2 rings (SSSR count). The number of hydrogen-bond donors (Lipinski definition) is 2. The van der Waals surface area contributed by atoms with Crippen LogP contribution in [0.2, 0.25) is 0 Å². The van der Waals surface area contributed by atoms with Gasteiger partial charge in [0.2, 0.25) is 5.69 Å². The van der Waals surface area contributed by atoms with E-state index in [-0.39, 0.29) is 29.6 Å². The number of hydrogen-bond acceptors (Lipinski definition) is 6. The van der Waals surface area contributed by atoms with Crippen molar-refractivity contribution in [3.8, 4) is 5.75 Å². The van der Waals surface area contributed by atoms with E-state index in [2.05, 4.69) is 15.5 Å². The third kappa shape index (κ3) is 4.31. The molecule has 2 amide bonds. The summed E-state index contributed by atoms with van der Waals surface area (Å²) < 4.78 is 5.32. The van der Waals surface area contributed by atoms with Crippen LogP contribution in [-0.2, 0) is 4.79 Å². The van der Waals surface area contributed by atoms with Gasteiger partial charge in [-0.15, -0.1) is 0 Å². The van der Waals surface area contributed by atoms with Crippen LogP contribution in [0.25, 0.3) is 0 Å². The second-order valence-corrected chi connectivity index (χ2v) is 5.36. The van der Waals surface area contributed by atoms with Gasteiger partial charge in [-0.2, -0.15) is 5.10 Å². The summed E-state index contributed by atoms with van der Waals surface area (Å²) in [4.78, 5) is 35.3. The zero-order valence-electron chi connectivity index (χ0n) is 13.9. The fourth-order valence-electron chi connectivity index (χ4n) is 1.90. The first kappa shape index (κ1) is 17.9. The number of carbonyl (C=O) groups excluding carboxylic acids is 2. The largest absolute Gasteiger partial charge is 0.484 e. The van der Waals surface area contributed by atoms with Crippen LogP contribution in [0.15, 0.2) is 24.3 Å². The molecule has 2 N–H and O–H groups in total. The number of rotatable bonds is 6. The van der Waals surface area contributed by atoms with Gasteiger partial charge in [0.25, 0.3) is 11.8 Å². The molecule has 0 bridgehead atoms. The molecule has 0 unspecified atom stereocenters. The van der Waals surface area contributed by atoms with Crippen molar-refractivity contribution >= 4 is 23.2 Å². The van der Waals surface area contributed by atoms with E-state index in [1.165, 1.54) is 11.8 Å². The second kappa shape index (κ2) is 7.43. The molecule has 25 heavy (non-hydrogen) atoms. The first-order valence-corrected chi connectivity index (χ1v) is 7.23. The third-order valence-electron chi connectivity index (χ3n) is 3.29. The minimum Gasteiger partial charge on any atom is -0.484 e. The van der Waals surface area contributed by atoms with Crippen molar-refractivity contribution in [3.63, 3.8) is 0 Å². The number of aromatic nitrogens is 2. The molecule has 1 aromatic carbocycles. The molecule has 10 heteroatoms. The van der Waals surface area contributed by atoms with E-state index >= 15 is 0 Å². The number of carbonyl (C=O) groups is 2. The highest BCUT2D eigenvalue weighted by Gasteiger charge is 2.27. The van der Waals surface area contributed by atoms with Crippen LogP contribution in [0.1, 0.15) is 16.2 Å². The molecular weight excluding hydrogens is 330 g/mol. The number of anilines is 1. The van der Waals surface area contributed by atoms with Gasteiger partial charge in [0, 0.05) is 19.8 Å². The normalized spacial score (nSPS) is 10.2. The van der Waals surface area contributed by atoms with Crippen LogP contribution in [-0.4, -0.2) is 52.5 Å². The summed E-state index contributed by atoms with van der Waals surface area (Å²) in [6.07, 6.45) is 0. The fraction of sp³-hybridized carbons (Fsp3) is 0.267. The smallest absolute Gasteiger partial charge is 0.322 e. The van der Waals surface area contributed by atoms with E-state index in [1.54, 1.807) is 38.4 Å². The van der Waals surface area contributed by atoms with Gasteiger partial charge in [0.05, 0.1) is 4.92 Å². The number of aryl methyl sites for hydroxylation is 1. The number of nitrogens with one attached hydrogen (secondary N) is 2. The van der Waals surface area contributed by atoms with E-state index < -0.39 is 10.8 Å². The van der Waals surface area contributed by atoms with Crippen LogP contribution in [0.3, 0.4) is 0 Å². The van der Waals surface area contributed by atoms with Crippen LogP contribution in [0.5, 0.6) is 5.75 Å². The lowest BCUT2D eigenvalue weighted by Gasteiger charge is -2.11. The van der Waals surface area contributed by atoms with Crippen molar-refractivity contribution in [1.29, 1.82) is 0 Å². The lowest BCUT2D eigenvalue weighted by atomic mass is 10.2. The molecule has 1 heterocycles. The Bertz CT molecular complexity index is 797. The highest BCUT2D eigenvalue weighted by atomic mass is 16.6. The molecule has 0 saturated heterocycles. The van der Waals surface area contributed by atoms with Gasteiger partial charge in [0.15, 0.2) is 6.61 Å². The Balaban J connectivity index is 2.03. The minimum atomic E-state index is -0.701. The van der Waals surface area contributed by atoms with Gasteiger partial charge in [-0.25, -0.2) is 0 Å². The number of nitro groups is 1. The minimum absolute atomic E-state index is 0.0998. The summed E-state index contributed by atoms with van der Waals surface area (Å²) in [5.74, 6) is -0.430. The molecule has 0 aliphatic rings. The molecule has 0 fully saturated rings. The van der Waals surface area contributed by atoms with Gasteiger partial charge in [-0.1, -0.05) is 0 Å². The molecule has 132 valence electrons. The summed E-state index contributed by atoms with van der Waals surface area (Å²) in [6.45, 7) is 1.36. The number of aromatic amines is 1. The number of ether oxygens (including phenoxy) is 1. The summed E-state index contributed by atoms with van der Waals surface area (Å²) in [6, 6.07) is 6.25. The summed E-state index contributed by atoms with van der Waals surface area (Å²) in [5, 5.41) is 19.6. The predicted octanol–water partition coefficient (Wildman–Crippen LogP) is 1.35. The standard InChI is InChI=1S/C15H17N5O5/c1-9-14(20(23)24)13(18-17-9)15(22)16-10-4-6-11(7-5-10)25-8-12(21)19(2)3/h4-7H,8H2,1-3H3,(H,16,22)(H,17,18). The number of nitrogens with zero attached hydrogens (tertiary/aromatic N) is 3. The Morgan fingerprint density at radius 2 is 1.96 bits per heavy atom. The van der Waals surface area contributed by atoms with Gasteiger partial charge >= 0.3 is 5.69 Å². The Morgan fingerprint density at radius 1 is 1.32 bits per heavy atom. The maximum atomic E-state index is 12.1. The molecule has 1 aromatic heterocycles. The van der Waals surface area contributed by atoms with Crippen molar-refractivity contribution < 1.29 is 19.2 Å². The van der Waals surface area contributed by atoms with Gasteiger partial charge in [0.1, 0.15) is 11.4 Å². The van der Waals surface area contributed by atoms with E-state index in [4.69, 9.17) is 4.74 Å². The monoisotopic (exact) mass is 347 g/mol. The highest BCUT2D eigenvalue weighted by molar-refractivity contribution is 6.05.